The molecule has 0 saturated heterocycles. The van der Waals surface area contributed by atoms with E-state index in [-0.39, 0.29) is 5.78 Å². The first-order valence-corrected chi connectivity index (χ1v) is 6.77. The van der Waals surface area contributed by atoms with Gasteiger partial charge < -0.3 is 0 Å². The molecular weight excluding hydrogens is 312 g/mol. The van der Waals surface area contributed by atoms with Crippen molar-refractivity contribution in [2.24, 2.45) is 0 Å². The zero-order chi connectivity index (χ0) is 13.1. The van der Waals surface area contributed by atoms with E-state index in [1.54, 1.807) is 12.1 Å². The van der Waals surface area contributed by atoms with Crippen molar-refractivity contribution >= 4 is 33.3 Å². The Morgan fingerprint density at radius 1 is 1.17 bits per heavy atom. The Morgan fingerprint density at radius 3 is 2.50 bits per heavy atom. The van der Waals surface area contributed by atoms with Crippen LogP contribution in [0.5, 0.6) is 0 Å². The summed E-state index contributed by atoms with van der Waals surface area (Å²) in [6.07, 6.45) is 0.397. The van der Waals surface area contributed by atoms with E-state index in [2.05, 4.69) is 15.9 Å². The van der Waals surface area contributed by atoms with Crippen molar-refractivity contribution < 1.29 is 4.79 Å². The van der Waals surface area contributed by atoms with Crippen molar-refractivity contribution in [3.05, 3.63) is 68.7 Å². The molecule has 2 rings (SSSR count). The number of carbonyl (C=O) groups excluding carboxylic acids is 1. The highest BCUT2D eigenvalue weighted by Gasteiger charge is 2.10. The molecule has 0 aliphatic carbocycles. The fraction of sp³-hybridized carbons (Fsp3) is 0.133. The number of halogens is 2. The molecule has 0 fully saturated rings. The molecule has 0 radical (unpaired) electrons. The van der Waals surface area contributed by atoms with E-state index in [1.807, 2.05) is 37.3 Å². The second-order valence-electron chi connectivity index (χ2n) is 4.19. The van der Waals surface area contributed by atoms with E-state index in [0.717, 1.165) is 21.2 Å². The van der Waals surface area contributed by atoms with Crippen LogP contribution in [0.2, 0.25) is 5.02 Å². The highest BCUT2D eigenvalue weighted by atomic mass is 79.9. The van der Waals surface area contributed by atoms with Crippen LogP contribution >= 0.6 is 27.5 Å². The Hall–Kier alpha value is -1.12. The first-order chi connectivity index (χ1) is 8.56. The molecule has 0 amide bonds. The summed E-state index contributed by atoms with van der Waals surface area (Å²) in [5.41, 5.74) is 2.74. The molecule has 0 aliphatic rings. The quantitative estimate of drug-likeness (QED) is 0.739. The molecule has 3 heteroatoms. The number of Topliss-reactive ketones (excluding diaryl/α,β-unsaturated/α-hetero) is 1. The van der Waals surface area contributed by atoms with Gasteiger partial charge in [-0.25, -0.2) is 0 Å². The Labute approximate surface area is 120 Å². The molecule has 0 bridgehead atoms. The lowest BCUT2D eigenvalue weighted by Crippen LogP contribution is -2.05. The fourth-order valence-electron chi connectivity index (χ4n) is 1.78. The van der Waals surface area contributed by atoms with Gasteiger partial charge in [0.2, 0.25) is 0 Å². The number of benzene rings is 2. The summed E-state index contributed by atoms with van der Waals surface area (Å²) in [5, 5.41) is 0.685. The first-order valence-electron chi connectivity index (χ1n) is 5.60. The van der Waals surface area contributed by atoms with E-state index in [1.165, 1.54) is 0 Å². The molecule has 0 unspecified atom stereocenters. The summed E-state index contributed by atoms with van der Waals surface area (Å²) in [6, 6.07) is 13.1. The van der Waals surface area contributed by atoms with Crippen LogP contribution in [0.4, 0.5) is 0 Å². The SMILES string of the molecule is Cc1ccc(Br)cc1C(=O)Cc1ccc(Cl)cc1. The topological polar surface area (TPSA) is 17.1 Å². The van der Waals surface area contributed by atoms with Gasteiger partial charge in [0, 0.05) is 21.5 Å². The highest BCUT2D eigenvalue weighted by molar-refractivity contribution is 9.10. The van der Waals surface area contributed by atoms with Gasteiger partial charge in [0.05, 0.1) is 0 Å². The summed E-state index contributed by atoms with van der Waals surface area (Å²) >= 11 is 9.21. The molecule has 2 aromatic rings. The minimum Gasteiger partial charge on any atom is -0.294 e. The van der Waals surface area contributed by atoms with Gasteiger partial charge >= 0.3 is 0 Å². The van der Waals surface area contributed by atoms with E-state index in [4.69, 9.17) is 11.6 Å². The van der Waals surface area contributed by atoms with Crippen molar-refractivity contribution in [2.75, 3.05) is 0 Å². The monoisotopic (exact) mass is 322 g/mol. The maximum Gasteiger partial charge on any atom is 0.167 e. The molecule has 0 N–H and O–H groups in total. The van der Waals surface area contributed by atoms with Gasteiger partial charge in [0.15, 0.2) is 5.78 Å². The van der Waals surface area contributed by atoms with Crippen LogP contribution in [0.3, 0.4) is 0 Å². The van der Waals surface area contributed by atoms with Gasteiger partial charge in [-0.15, -0.1) is 0 Å². The van der Waals surface area contributed by atoms with Gasteiger partial charge in [0.25, 0.3) is 0 Å². The molecule has 18 heavy (non-hydrogen) atoms. The molecule has 0 aromatic heterocycles. The zero-order valence-electron chi connectivity index (χ0n) is 9.91. The number of hydrogen-bond acceptors (Lipinski definition) is 1. The van der Waals surface area contributed by atoms with Gasteiger partial charge in [-0.2, -0.15) is 0 Å². The number of hydrogen-bond donors (Lipinski definition) is 0. The third-order valence-electron chi connectivity index (χ3n) is 2.78. The van der Waals surface area contributed by atoms with Gasteiger partial charge in [-0.3, -0.25) is 4.79 Å². The van der Waals surface area contributed by atoms with E-state index in [9.17, 15) is 4.79 Å². The smallest absolute Gasteiger partial charge is 0.167 e. The molecule has 1 nitrogen and oxygen atoms in total. The third-order valence-corrected chi connectivity index (χ3v) is 3.52. The number of carbonyl (C=O) groups is 1. The Morgan fingerprint density at radius 2 is 1.83 bits per heavy atom. The molecular formula is C15H12BrClO. The van der Waals surface area contributed by atoms with Crippen LogP contribution in [0.15, 0.2) is 46.9 Å². The van der Waals surface area contributed by atoms with Gasteiger partial charge in [-0.1, -0.05) is 45.7 Å². The second-order valence-corrected chi connectivity index (χ2v) is 5.54. The van der Waals surface area contributed by atoms with Crippen LogP contribution in [0.1, 0.15) is 21.5 Å². The summed E-state index contributed by atoms with van der Waals surface area (Å²) < 4.78 is 0.924. The number of rotatable bonds is 3. The molecule has 0 atom stereocenters. The fourth-order valence-corrected chi connectivity index (χ4v) is 2.26. The third kappa shape index (κ3) is 3.21. The number of aryl methyl sites for hydroxylation is 1. The van der Waals surface area contributed by atoms with Crippen molar-refractivity contribution in [3.8, 4) is 0 Å². The first kappa shape index (κ1) is 13.3. The normalized spacial score (nSPS) is 10.4. The predicted molar refractivity (Wildman–Crippen MR) is 78.4 cm³/mol. The summed E-state index contributed by atoms with van der Waals surface area (Å²) in [6.45, 7) is 1.95. The summed E-state index contributed by atoms with van der Waals surface area (Å²) in [7, 11) is 0. The lowest BCUT2D eigenvalue weighted by molar-refractivity contribution is 0.0992. The summed E-state index contributed by atoms with van der Waals surface area (Å²) in [4.78, 5) is 12.2. The largest absolute Gasteiger partial charge is 0.294 e. The van der Waals surface area contributed by atoms with Crippen molar-refractivity contribution in [2.45, 2.75) is 13.3 Å². The molecule has 0 saturated carbocycles. The Balaban J connectivity index is 2.21. The summed E-state index contributed by atoms with van der Waals surface area (Å²) in [5.74, 6) is 0.121. The van der Waals surface area contributed by atoms with E-state index in [0.29, 0.717) is 11.4 Å². The zero-order valence-corrected chi connectivity index (χ0v) is 12.3. The van der Waals surface area contributed by atoms with Crippen molar-refractivity contribution in [3.63, 3.8) is 0 Å². The second kappa shape index (κ2) is 5.68. The Bertz CT molecular complexity index is 576. The average Bonchev–Trinajstić information content (AvgIpc) is 2.35. The van der Waals surface area contributed by atoms with Crippen molar-refractivity contribution in [1.29, 1.82) is 0 Å². The highest BCUT2D eigenvalue weighted by Crippen LogP contribution is 2.18. The lowest BCUT2D eigenvalue weighted by atomic mass is 9.99. The molecule has 0 spiro atoms. The molecule has 0 aliphatic heterocycles. The predicted octanol–water partition coefficient (Wildman–Crippen LogP) is 4.84. The Kier molecular flexibility index (Phi) is 4.20. The number of ketones is 1. The molecule has 0 heterocycles. The van der Waals surface area contributed by atoms with E-state index < -0.39 is 0 Å². The lowest BCUT2D eigenvalue weighted by Gasteiger charge is -2.06. The maximum atomic E-state index is 12.2. The van der Waals surface area contributed by atoms with Crippen LogP contribution in [0, 0.1) is 6.92 Å². The average molecular weight is 324 g/mol. The van der Waals surface area contributed by atoms with Crippen LogP contribution in [0.25, 0.3) is 0 Å². The standard InChI is InChI=1S/C15H12BrClO/c1-10-2-5-12(16)9-14(10)15(18)8-11-3-6-13(17)7-4-11/h2-7,9H,8H2,1H3. The minimum absolute atomic E-state index is 0.121. The van der Waals surface area contributed by atoms with Crippen LogP contribution in [-0.4, -0.2) is 5.78 Å². The van der Waals surface area contributed by atoms with Gasteiger partial charge in [-0.05, 0) is 42.3 Å². The van der Waals surface area contributed by atoms with Crippen LogP contribution in [-0.2, 0) is 6.42 Å². The molecule has 2 aromatic carbocycles. The molecule has 92 valence electrons. The van der Waals surface area contributed by atoms with Gasteiger partial charge in [0.1, 0.15) is 0 Å². The van der Waals surface area contributed by atoms with E-state index >= 15 is 0 Å². The minimum atomic E-state index is 0.121. The van der Waals surface area contributed by atoms with Crippen molar-refractivity contribution in [1.82, 2.24) is 0 Å². The maximum absolute atomic E-state index is 12.2. The van der Waals surface area contributed by atoms with Crippen LogP contribution < -0.4 is 0 Å².